The molecule has 0 aliphatic rings. The molecule has 0 fully saturated rings. The van der Waals surface area contributed by atoms with Crippen molar-refractivity contribution in [3.05, 3.63) is 46.6 Å². The van der Waals surface area contributed by atoms with Crippen LogP contribution in [-0.2, 0) is 6.54 Å². The molecule has 114 valence electrons. The molecule has 22 heavy (non-hydrogen) atoms. The molecule has 5 heteroatoms. The van der Waals surface area contributed by atoms with Crippen LogP contribution in [-0.4, -0.2) is 16.7 Å². The smallest absolute Gasteiger partial charge is 0.167 e. The highest BCUT2D eigenvalue weighted by molar-refractivity contribution is 5.56. The number of rotatable bonds is 6. The van der Waals surface area contributed by atoms with Gasteiger partial charge in [0.05, 0.1) is 5.69 Å². The lowest BCUT2D eigenvalue weighted by atomic mass is 10.1. The summed E-state index contributed by atoms with van der Waals surface area (Å²) in [6.07, 6.45) is 1.10. The summed E-state index contributed by atoms with van der Waals surface area (Å²) in [5.74, 6) is 0.541. The normalized spacial score (nSPS) is 10.1. The molecular formula is C17H21N5. The lowest BCUT2D eigenvalue weighted by Crippen LogP contribution is -2.07. The number of hydrogen-bond donors (Lipinski definition) is 2. The molecule has 2 N–H and O–H groups in total. The van der Waals surface area contributed by atoms with Gasteiger partial charge in [-0.1, -0.05) is 19.1 Å². The monoisotopic (exact) mass is 295 g/mol. The maximum Gasteiger partial charge on any atom is 0.167 e. The largest absolute Gasteiger partial charge is 0.385 e. The van der Waals surface area contributed by atoms with E-state index in [1.54, 1.807) is 0 Å². The molecule has 0 atom stereocenters. The van der Waals surface area contributed by atoms with Crippen molar-refractivity contribution < 1.29 is 0 Å². The fourth-order valence-electron chi connectivity index (χ4n) is 2.06. The van der Waals surface area contributed by atoms with Crippen LogP contribution < -0.4 is 10.6 Å². The van der Waals surface area contributed by atoms with Crippen molar-refractivity contribution in [2.45, 2.75) is 33.7 Å². The average Bonchev–Trinajstić information content (AvgIpc) is 2.55. The summed E-state index contributed by atoms with van der Waals surface area (Å²) < 4.78 is 0. The number of nitriles is 1. The molecule has 0 unspecified atom stereocenters. The van der Waals surface area contributed by atoms with Crippen LogP contribution in [0.1, 0.15) is 35.7 Å². The SMILES string of the molecule is CCCNc1ccc(CNc2nnc(C)c(C)c2C#N)cc1. The Labute approximate surface area is 131 Å². The molecule has 0 amide bonds. The van der Waals surface area contributed by atoms with Crippen molar-refractivity contribution >= 4 is 11.5 Å². The van der Waals surface area contributed by atoms with Gasteiger partial charge in [0.2, 0.25) is 0 Å². The minimum Gasteiger partial charge on any atom is -0.385 e. The Morgan fingerprint density at radius 1 is 1.09 bits per heavy atom. The highest BCUT2D eigenvalue weighted by atomic mass is 15.2. The number of nitrogens with one attached hydrogen (secondary N) is 2. The topological polar surface area (TPSA) is 73.6 Å². The second-order valence-electron chi connectivity index (χ2n) is 5.22. The van der Waals surface area contributed by atoms with E-state index in [0.717, 1.165) is 35.5 Å². The summed E-state index contributed by atoms with van der Waals surface area (Å²) >= 11 is 0. The maximum absolute atomic E-state index is 9.27. The molecule has 0 spiro atoms. The highest BCUT2D eigenvalue weighted by Crippen LogP contribution is 2.18. The van der Waals surface area contributed by atoms with Gasteiger partial charge in [-0.2, -0.15) is 10.4 Å². The highest BCUT2D eigenvalue weighted by Gasteiger charge is 2.10. The number of hydrogen-bond acceptors (Lipinski definition) is 5. The molecule has 1 aromatic heterocycles. The molecule has 0 aliphatic carbocycles. The minimum absolute atomic E-state index is 0.541. The van der Waals surface area contributed by atoms with E-state index in [1.165, 1.54) is 0 Å². The van der Waals surface area contributed by atoms with E-state index in [0.29, 0.717) is 17.9 Å². The molecule has 1 aromatic carbocycles. The second kappa shape index (κ2) is 7.41. The van der Waals surface area contributed by atoms with E-state index in [2.05, 4.69) is 58.1 Å². The number of benzene rings is 1. The van der Waals surface area contributed by atoms with E-state index < -0.39 is 0 Å². The minimum atomic E-state index is 0.541. The first kappa shape index (κ1) is 15.8. The van der Waals surface area contributed by atoms with Crippen LogP contribution in [0.3, 0.4) is 0 Å². The van der Waals surface area contributed by atoms with Gasteiger partial charge in [0, 0.05) is 18.8 Å². The Balaban J connectivity index is 2.04. The van der Waals surface area contributed by atoms with Crippen molar-refractivity contribution in [2.75, 3.05) is 17.2 Å². The van der Waals surface area contributed by atoms with Gasteiger partial charge in [-0.25, -0.2) is 0 Å². The predicted octanol–water partition coefficient (Wildman–Crippen LogP) is 3.40. The van der Waals surface area contributed by atoms with Gasteiger partial charge < -0.3 is 10.6 Å². The fraction of sp³-hybridized carbons (Fsp3) is 0.353. The Morgan fingerprint density at radius 3 is 2.45 bits per heavy atom. The van der Waals surface area contributed by atoms with Gasteiger partial charge in [-0.15, -0.1) is 5.10 Å². The standard InChI is InChI=1S/C17H21N5/c1-4-9-19-15-7-5-14(6-8-15)11-20-17-16(10-18)12(2)13(3)21-22-17/h5-8,19H,4,9,11H2,1-3H3,(H,20,22). The molecule has 0 aliphatic heterocycles. The van der Waals surface area contributed by atoms with Crippen molar-refractivity contribution in [3.63, 3.8) is 0 Å². The first-order chi connectivity index (χ1) is 10.7. The van der Waals surface area contributed by atoms with Crippen LogP contribution in [0.4, 0.5) is 11.5 Å². The first-order valence-corrected chi connectivity index (χ1v) is 7.46. The zero-order valence-electron chi connectivity index (χ0n) is 13.3. The van der Waals surface area contributed by atoms with Crippen LogP contribution in [0.15, 0.2) is 24.3 Å². The van der Waals surface area contributed by atoms with Gasteiger partial charge >= 0.3 is 0 Å². The number of aryl methyl sites for hydroxylation is 1. The molecule has 0 bridgehead atoms. The van der Waals surface area contributed by atoms with E-state index >= 15 is 0 Å². The van der Waals surface area contributed by atoms with E-state index in [4.69, 9.17) is 0 Å². The van der Waals surface area contributed by atoms with E-state index in [-0.39, 0.29) is 0 Å². The van der Waals surface area contributed by atoms with Crippen LogP contribution in [0.2, 0.25) is 0 Å². The molecule has 2 rings (SSSR count). The van der Waals surface area contributed by atoms with E-state index in [1.807, 2.05) is 13.8 Å². The Bertz CT molecular complexity index is 671. The van der Waals surface area contributed by atoms with Gasteiger partial charge in [-0.3, -0.25) is 0 Å². The van der Waals surface area contributed by atoms with Gasteiger partial charge in [0.15, 0.2) is 5.82 Å². The van der Waals surface area contributed by atoms with Crippen LogP contribution in [0.5, 0.6) is 0 Å². The van der Waals surface area contributed by atoms with Gasteiger partial charge in [0.1, 0.15) is 11.6 Å². The predicted molar refractivity (Wildman–Crippen MR) is 88.8 cm³/mol. The molecule has 1 heterocycles. The lowest BCUT2D eigenvalue weighted by Gasteiger charge is -2.10. The third-order valence-electron chi connectivity index (χ3n) is 3.56. The summed E-state index contributed by atoms with van der Waals surface area (Å²) in [4.78, 5) is 0. The molecule has 0 saturated carbocycles. The second-order valence-corrected chi connectivity index (χ2v) is 5.22. The van der Waals surface area contributed by atoms with E-state index in [9.17, 15) is 5.26 Å². The first-order valence-electron chi connectivity index (χ1n) is 7.46. The summed E-state index contributed by atoms with van der Waals surface area (Å²) in [7, 11) is 0. The van der Waals surface area contributed by atoms with Gasteiger partial charge in [0.25, 0.3) is 0 Å². The van der Waals surface area contributed by atoms with Crippen molar-refractivity contribution in [1.82, 2.24) is 10.2 Å². The molecule has 0 radical (unpaired) electrons. The van der Waals surface area contributed by atoms with Crippen molar-refractivity contribution in [1.29, 1.82) is 5.26 Å². The number of aromatic nitrogens is 2. The lowest BCUT2D eigenvalue weighted by molar-refractivity contribution is 0.940. The fourth-order valence-corrected chi connectivity index (χ4v) is 2.06. The van der Waals surface area contributed by atoms with Crippen LogP contribution in [0, 0.1) is 25.2 Å². The summed E-state index contributed by atoms with van der Waals surface area (Å²) in [6, 6.07) is 10.4. The Morgan fingerprint density at radius 2 is 1.82 bits per heavy atom. The summed E-state index contributed by atoms with van der Waals surface area (Å²) in [6.45, 7) is 7.47. The maximum atomic E-state index is 9.27. The zero-order valence-corrected chi connectivity index (χ0v) is 13.3. The van der Waals surface area contributed by atoms with Crippen molar-refractivity contribution in [2.24, 2.45) is 0 Å². The quantitative estimate of drug-likeness (QED) is 0.854. The third-order valence-corrected chi connectivity index (χ3v) is 3.56. The van der Waals surface area contributed by atoms with Crippen LogP contribution in [0.25, 0.3) is 0 Å². The van der Waals surface area contributed by atoms with Gasteiger partial charge in [-0.05, 0) is 43.5 Å². The molecule has 5 nitrogen and oxygen atoms in total. The van der Waals surface area contributed by atoms with Crippen LogP contribution >= 0.6 is 0 Å². The Kier molecular flexibility index (Phi) is 5.31. The average molecular weight is 295 g/mol. The number of anilines is 2. The summed E-state index contributed by atoms with van der Waals surface area (Å²) in [5.41, 5.74) is 4.47. The number of nitrogens with zero attached hydrogens (tertiary/aromatic N) is 3. The molecule has 0 saturated heterocycles. The Hall–Kier alpha value is -2.61. The molecular weight excluding hydrogens is 274 g/mol. The summed E-state index contributed by atoms with van der Waals surface area (Å²) in [5, 5.41) is 24.0. The van der Waals surface area contributed by atoms with Crippen molar-refractivity contribution in [3.8, 4) is 6.07 Å². The zero-order chi connectivity index (χ0) is 15.9. The molecule has 2 aromatic rings. The third kappa shape index (κ3) is 3.73.